The first-order valence-electron chi connectivity index (χ1n) is 14.0. The van der Waals surface area contributed by atoms with Crippen molar-refractivity contribution in [1.82, 2.24) is 0 Å². The van der Waals surface area contributed by atoms with E-state index in [-0.39, 0.29) is 25.2 Å². The van der Waals surface area contributed by atoms with Gasteiger partial charge in [-0.15, -0.1) is 0 Å². The topological polar surface area (TPSA) is 52.6 Å². The summed E-state index contributed by atoms with van der Waals surface area (Å²) in [5.41, 5.74) is 0. The van der Waals surface area contributed by atoms with Crippen LogP contribution in [0.3, 0.4) is 0 Å². The number of hydrogen-bond donors (Lipinski definition) is 0. The van der Waals surface area contributed by atoms with Crippen molar-refractivity contribution in [2.75, 3.05) is 13.2 Å². The number of hydrogen-bond acceptors (Lipinski definition) is 4. The molecule has 0 aliphatic heterocycles. The maximum Gasteiger partial charge on any atom is 0.305 e. The van der Waals surface area contributed by atoms with E-state index in [1.807, 2.05) is 0 Å². The molecule has 4 heteroatoms. The van der Waals surface area contributed by atoms with E-state index in [0.29, 0.717) is 12.8 Å². The summed E-state index contributed by atoms with van der Waals surface area (Å²) in [4.78, 5) is 23.5. The second-order valence-electron chi connectivity index (χ2n) is 9.30. The minimum absolute atomic E-state index is 0.171. The van der Waals surface area contributed by atoms with Crippen molar-refractivity contribution in [2.45, 2.75) is 155 Å². The minimum Gasteiger partial charge on any atom is -0.462 e. The Morgan fingerprint density at radius 2 is 0.656 bits per heavy atom. The van der Waals surface area contributed by atoms with Crippen LogP contribution in [0.1, 0.15) is 155 Å². The van der Waals surface area contributed by atoms with Crippen molar-refractivity contribution < 1.29 is 19.1 Å². The summed E-state index contributed by atoms with van der Waals surface area (Å²) in [6, 6.07) is 0. The zero-order chi connectivity index (χ0) is 23.5. The van der Waals surface area contributed by atoms with Gasteiger partial charge in [0.15, 0.2) is 0 Å². The number of ether oxygens (including phenoxy) is 2. The third-order valence-electron chi connectivity index (χ3n) is 6.08. The Bertz CT molecular complexity index is 370. The van der Waals surface area contributed by atoms with E-state index in [9.17, 15) is 9.59 Å². The molecule has 0 N–H and O–H groups in total. The number of esters is 2. The van der Waals surface area contributed by atoms with Gasteiger partial charge in [0.25, 0.3) is 0 Å². The lowest BCUT2D eigenvalue weighted by atomic mass is 10.1. The van der Waals surface area contributed by atoms with Gasteiger partial charge in [-0.25, -0.2) is 0 Å². The van der Waals surface area contributed by atoms with Crippen molar-refractivity contribution in [1.29, 1.82) is 0 Å². The Hall–Kier alpha value is -1.06. The third-order valence-corrected chi connectivity index (χ3v) is 6.08. The van der Waals surface area contributed by atoms with E-state index in [4.69, 9.17) is 9.47 Å². The molecule has 0 aliphatic carbocycles. The van der Waals surface area contributed by atoms with Crippen molar-refractivity contribution in [3.63, 3.8) is 0 Å². The van der Waals surface area contributed by atoms with Gasteiger partial charge in [0.1, 0.15) is 13.2 Å². The lowest BCUT2D eigenvalue weighted by molar-refractivity contribution is -0.152. The maximum absolute atomic E-state index is 11.7. The molecule has 0 aromatic carbocycles. The summed E-state index contributed by atoms with van der Waals surface area (Å²) in [5, 5.41) is 0. The lowest BCUT2D eigenvalue weighted by Crippen LogP contribution is -2.13. The van der Waals surface area contributed by atoms with Crippen LogP contribution in [0.4, 0.5) is 0 Å². The first-order chi connectivity index (χ1) is 15.7. The van der Waals surface area contributed by atoms with Crippen LogP contribution >= 0.6 is 0 Å². The minimum atomic E-state index is -0.171. The Balaban J connectivity index is 3.29. The fourth-order valence-corrected chi connectivity index (χ4v) is 3.97. The van der Waals surface area contributed by atoms with E-state index in [1.54, 1.807) is 0 Å². The molecule has 32 heavy (non-hydrogen) atoms. The molecule has 0 aromatic rings. The molecule has 0 spiro atoms. The second-order valence-corrected chi connectivity index (χ2v) is 9.30. The highest BCUT2D eigenvalue weighted by atomic mass is 16.6. The van der Waals surface area contributed by atoms with Crippen LogP contribution in [-0.4, -0.2) is 25.2 Å². The number of carbonyl (C=O) groups excluding carboxylic acids is 2. The molecular weight excluding hydrogens is 400 g/mol. The number of carbonyl (C=O) groups is 2. The van der Waals surface area contributed by atoms with Crippen molar-refractivity contribution in [3.8, 4) is 0 Å². The molecule has 0 unspecified atom stereocenters. The fraction of sp³-hybridized carbons (Fsp3) is 0.929. The highest BCUT2D eigenvalue weighted by molar-refractivity contribution is 5.70. The molecule has 0 amide bonds. The smallest absolute Gasteiger partial charge is 0.305 e. The quantitative estimate of drug-likeness (QED) is 0.102. The molecule has 0 bridgehead atoms. The summed E-state index contributed by atoms with van der Waals surface area (Å²) in [7, 11) is 0. The first-order valence-corrected chi connectivity index (χ1v) is 14.0. The number of rotatable bonds is 25. The molecule has 0 radical (unpaired) electrons. The third kappa shape index (κ3) is 25.2. The molecule has 0 atom stereocenters. The summed E-state index contributed by atoms with van der Waals surface area (Å²) >= 11 is 0. The Labute approximate surface area is 199 Å². The predicted octanol–water partition coefficient (Wildman–Crippen LogP) is 8.69. The molecule has 0 saturated heterocycles. The van der Waals surface area contributed by atoms with Crippen LogP contribution < -0.4 is 0 Å². The van der Waals surface area contributed by atoms with Gasteiger partial charge >= 0.3 is 11.9 Å². The average molecular weight is 455 g/mol. The first kappa shape index (κ1) is 30.9. The van der Waals surface area contributed by atoms with Gasteiger partial charge in [0.2, 0.25) is 0 Å². The van der Waals surface area contributed by atoms with Crippen molar-refractivity contribution in [2.24, 2.45) is 0 Å². The molecular formula is C28H54O4. The standard InChI is InChI=1S/C28H54O4/c1-3-5-7-9-11-13-15-17-19-21-23-27(29)31-25-26-32-28(30)24-22-20-18-16-14-12-10-8-6-4-2/h3-26H2,1-2H3. The Morgan fingerprint density at radius 3 is 0.938 bits per heavy atom. The van der Waals surface area contributed by atoms with Crippen molar-refractivity contribution in [3.05, 3.63) is 0 Å². The largest absolute Gasteiger partial charge is 0.462 e. The average Bonchev–Trinajstić information content (AvgIpc) is 2.79. The monoisotopic (exact) mass is 454 g/mol. The van der Waals surface area contributed by atoms with Crippen LogP contribution in [0.25, 0.3) is 0 Å². The zero-order valence-corrected chi connectivity index (χ0v) is 21.6. The molecule has 0 rings (SSSR count). The van der Waals surface area contributed by atoms with Gasteiger partial charge in [-0.3, -0.25) is 9.59 Å². The molecule has 0 saturated carbocycles. The van der Waals surface area contributed by atoms with E-state index in [1.165, 1.54) is 103 Å². The van der Waals surface area contributed by atoms with Gasteiger partial charge in [-0.2, -0.15) is 0 Å². The number of unbranched alkanes of at least 4 members (excludes halogenated alkanes) is 18. The van der Waals surface area contributed by atoms with Crippen LogP contribution in [0, 0.1) is 0 Å². The fourth-order valence-electron chi connectivity index (χ4n) is 3.97. The van der Waals surface area contributed by atoms with E-state index < -0.39 is 0 Å². The zero-order valence-electron chi connectivity index (χ0n) is 21.6. The SMILES string of the molecule is CCCCCCCCCCCCC(=O)OCCOC(=O)CCCCCCCCCCCC. The highest BCUT2D eigenvalue weighted by Crippen LogP contribution is 2.12. The summed E-state index contributed by atoms with van der Waals surface area (Å²) < 4.78 is 10.3. The molecule has 0 aliphatic rings. The van der Waals surface area contributed by atoms with Gasteiger partial charge in [-0.05, 0) is 12.8 Å². The van der Waals surface area contributed by atoms with Crippen LogP contribution in [0.15, 0.2) is 0 Å². The molecule has 0 fully saturated rings. The molecule has 190 valence electrons. The summed E-state index contributed by atoms with van der Waals surface area (Å²) in [5.74, 6) is -0.342. The Kier molecular flexibility index (Phi) is 25.3. The van der Waals surface area contributed by atoms with E-state index >= 15 is 0 Å². The van der Waals surface area contributed by atoms with Crippen LogP contribution in [-0.2, 0) is 19.1 Å². The van der Waals surface area contributed by atoms with Gasteiger partial charge in [-0.1, -0.05) is 129 Å². The summed E-state index contributed by atoms with van der Waals surface area (Å²) in [6.45, 7) is 4.86. The Morgan fingerprint density at radius 1 is 0.406 bits per heavy atom. The van der Waals surface area contributed by atoms with Crippen LogP contribution in [0.5, 0.6) is 0 Å². The normalized spacial score (nSPS) is 10.9. The van der Waals surface area contributed by atoms with Gasteiger partial charge in [0, 0.05) is 12.8 Å². The van der Waals surface area contributed by atoms with Gasteiger partial charge in [0.05, 0.1) is 0 Å². The molecule has 0 aromatic heterocycles. The van der Waals surface area contributed by atoms with E-state index in [2.05, 4.69) is 13.8 Å². The lowest BCUT2D eigenvalue weighted by Gasteiger charge is -2.07. The van der Waals surface area contributed by atoms with Crippen molar-refractivity contribution >= 4 is 11.9 Å². The molecule has 4 nitrogen and oxygen atoms in total. The molecule has 0 heterocycles. The van der Waals surface area contributed by atoms with Gasteiger partial charge < -0.3 is 9.47 Å². The predicted molar refractivity (Wildman–Crippen MR) is 135 cm³/mol. The maximum atomic E-state index is 11.7. The van der Waals surface area contributed by atoms with Crippen LogP contribution in [0.2, 0.25) is 0 Å². The van der Waals surface area contributed by atoms with E-state index in [0.717, 1.165) is 25.7 Å². The summed E-state index contributed by atoms with van der Waals surface area (Å²) in [6.07, 6.45) is 26.0. The second kappa shape index (κ2) is 26.2. The highest BCUT2D eigenvalue weighted by Gasteiger charge is 2.05.